The van der Waals surface area contributed by atoms with Crippen molar-refractivity contribution >= 4 is 22.5 Å². The third kappa shape index (κ3) is 4.23. The number of hydrogen-bond acceptors (Lipinski definition) is 2. The van der Waals surface area contributed by atoms with Crippen LogP contribution in [0.15, 0.2) is 42.5 Å². The lowest BCUT2D eigenvalue weighted by Crippen LogP contribution is -2.42. The molecular formula is C20H20F3NO2. The average Bonchev–Trinajstić information content (AvgIpc) is 2.64. The van der Waals surface area contributed by atoms with Gasteiger partial charge in [-0.25, -0.2) is 0 Å². The Morgan fingerprint density at radius 3 is 2.58 bits per heavy atom. The lowest BCUT2D eigenvalue weighted by molar-refractivity contribution is -0.149. The summed E-state index contributed by atoms with van der Waals surface area (Å²) in [5, 5.41) is 1.83. The summed E-state index contributed by atoms with van der Waals surface area (Å²) in [5.41, 5.74) is 0.609. The molecule has 1 amide bonds. The first-order valence-corrected chi connectivity index (χ1v) is 8.71. The van der Waals surface area contributed by atoms with Gasteiger partial charge < -0.3 is 4.90 Å². The fraction of sp³-hybridized carbons (Fsp3) is 0.400. The maximum Gasteiger partial charge on any atom is 0.389 e. The Labute approximate surface area is 149 Å². The number of benzene rings is 2. The van der Waals surface area contributed by atoms with Crippen molar-refractivity contribution in [1.29, 1.82) is 0 Å². The zero-order chi connectivity index (χ0) is 18.7. The molecule has 1 fully saturated rings. The highest BCUT2D eigenvalue weighted by Gasteiger charge is 2.32. The van der Waals surface area contributed by atoms with E-state index in [1.807, 2.05) is 36.4 Å². The number of amides is 1. The molecule has 0 saturated carbocycles. The summed E-state index contributed by atoms with van der Waals surface area (Å²) in [6, 6.07) is 13.1. The molecule has 0 radical (unpaired) electrons. The highest BCUT2D eigenvalue weighted by molar-refractivity contribution is 6.09. The van der Waals surface area contributed by atoms with E-state index in [-0.39, 0.29) is 18.2 Å². The lowest BCUT2D eigenvalue weighted by Gasteiger charge is -2.32. The molecule has 0 aliphatic carbocycles. The number of Topliss-reactive ketones (excluding diaryl/α,β-unsaturated/α-hetero) is 1. The van der Waals surface area contributed by atoms with E-state index in [2.05, 4.69) is 0 Å². The molecule has 1 heterocycles. The normalized spacial score (nSPS) is 18.1. The number of halogens is 3. The molecule has 0 aromatic heterocycles. The summed E-state index contributed by atoms with van der Waals surface area (Å²) in [4.78, 5) is 26.5. The van der Waals surface area contributed by atoms with Gasteiger partial charge in [0.25, 0.3) is 0 Å². The monoisotopic (exact) mass is 363 g/mol. The Kier molecular flexibility index (Phi) is 5.30. The molecule has 0 bridgehead atoms. The molecule has 1 saturated heterocycles. The molecule has 1 aliphatic rings. The summed E-state index contributed by atoms with van der Waals surface area (Å²) in [5.74, 6) is -0.947. The van der Waals surface area contributed by atoms with E-state index in [1.165, 1.54) is 4.90 Å². The number of rotatable bonds is 4. The van der Waals surface area contributed by atoms with Crippen LogP contribution in [0.2, 0.25) is 0 Å². The number of piperidine rings is 1. The molecule has 26 heavy (non-hydrogen) atoms. The Morgan fingerprint density at radius 1 is 1.08 bits per heavy atom. The smallest absolute Gasteiger partial charge is 0.342 e. The van der Waals surface area contributed by atoms with Crippen LogP contribution >= 0.6 is 0 Å². The zero-order valence-corrected chi connectivity index (χ0v) is 14.3. The van der Waals surface area contributed by atoms with Crippen LogP contribution in [0.1, 0.15) is 36.0 Å². The van der Waals surface area contributed by atoms with Crippen molar-refractivity contribution in [1.82, 2.24) is 4.90 Å². The first-order valence-electron chi connectivity index (χ1n) is 8.71. The van der Waals surface area contributed by atoms with Gasteiger partial charge in [0.2, 0.25) is 5.91 Å². The van der Waals surface area contributed by atoms with E-state index in [9.17, 15) is 22.8 Å². The minimum atomic E-state index is -4.34. The SMILES string of the molecule is O=C(c1cccc2ccccc12)[C@@H]1CCCN(C(=O)CCC(F)(F)F)C1. The third-order valence-corrected chi connectivity index (χ3v) is 4.82. The first-order chi connectivity index (χ1) is 12.3. The van der Waals surface area contributed by atoms with Crippen molar-refractivity contribution < 1.29 is 22.8 Å². The van der Waals surface area contributed by atoms with Crippen LogP contribution in [0.3, 0.4) is 0 Å². The molecule has 6 heteroatoms. The fourth-order valence-corrected chi connectivity index (χ4v) is 3.48. The van der Waals surface area contributed by atoms with Crippen LogP contribution in [0.5, 0.6) is 0 Å². The van der Waals surface area contributed by atoms with E-state index in [0.717, 1.165) is 10.8 Å². The maximum atomic E-state index is 13.0. The van der Waals surface area contributed by atoms with Crippen LogP contribution in [0.4, 0.5) is 13.2 Å². The highest BCUT2D eigenvalue weighted by Crippen LogP contribution is 2.27. The van der Waals surface area contributed by atoms with Crippen molar-refractivity contribution in [2.45, 2.75) is 31.9 Å². The van der Waals surface area contributed by atoms with E-state index in [1.54, 1.807) is 6.07 Å². The number of ketones is 1. The molecule has 3 rings (SSSR count). The summed E-state index contributed by atoms with van der Waals surface area (Å²) in [6.45, 7) is 0.606. The van der Waals surface area contributed by atoms with Gasteiger partial charge in [-0.05, 0) is 23.6 Å². The Morgan fingerprint density at radius 2 is 1.81 bits per heavy atom. The maximum absolute atomic E-state index is 13.0. The number of nitrogens with zero attached hydrogens (tertiary/aromatic N) is 1. The Hall–Kier alpha value is -2.37. The van der Waals surface area contributed by atoms with Gasteiger partial charge in [-0.2, -0.15) is 13.2 Å². The molecule has 0 spiro atoms. The Bertz CT molecular complexity index is 811. The largest absolute Gasteiger partial charge is 0.389 e. The zero-order valence-electron chi connectivity index (χ0n) is 14.3. The number of carbonyl (C=O) groups is 2. The van der Waals surface area contributed by atoms with Crippen molar-refractivity contribution in [2.75, 3.05) is 13.1 Å². The molecule has 0 unspecified atom stereocenters. The van der Waals surface area contributed by atoms with Gasteiger partial charge >= 0.3 is 6.18 Å². The highest BCUT2D eigenvalue weighted by atomic mass is 19.4. The second kappa shape index (κ2) is 7.48. The molecule has 1 atom stereocenters. The molecule has 1 aliphatic heterocycles. The second-order valence-electron chi connectivity index (χ2n) is 6.69. The minimum Gasteiger partial charge on any atom is -0.342 e. The van der Waals surface area contributed by atoms with E-state index >= 15 is 0 Å². The molecule has 0 N–H and O–H groups in total. The first kappa shape index (κ1) is 18.4. The van der Waals surface area contributed by atoms with Crippen molar-refractivity contribution in [3.63, 3.8) is 0 Å². The van der Waals surface area contributed by atoms with Gasteiger partial charge in [0.15, 0.2) is 5.78 Å². The summed E-state index contributed by atoms with van der Waals surface area (Å²) in [7, 11) is 0. The predicted octanol–water partition coefficient (Wildman–Crippen LogP) is 4.60. The number of alkyl halides is 3. The van der Waals surface area contributed by atoms with Crippen LogP contribution in [-0.2, 0) is 4.79 Å². The molecule has 3 nitrogen and oxygen atoms in total. The standard InChI is InChI=1S/C20H20F3NO2/c21-20(22,23)11-10-18(25)24-12-4-7-15(13-24)19(26)17-9-3-6-14-5-1-2-8-16(14)17/h1-3,5-6,8-9,15H,4,7,10-13H2/t15-/m1/s1. The number of likely N-dealkylation sites (tertiary alicyclic amines) is 1. The Balaban J connectivity index is 1.73. The van der Waals surface area contributed by atoms with Crippen molar-refractivity contribution in [3.05, 3.63) is 48.0 Å². The number of fused-ring (bicyclic) bond motifs is 1. The summed E-state index contributed by atoms with van der Waals surface area (Å²) >= 11 is 0. The third-order valence-electron chi connectivity index (χ3n) is 4.82. The van der Waals surface area contributed by atoms with Gasteiger partial charge in [-0.3, -0.25) is 9.59 Å². The fourth-order valence-electron chi connectivity index (χ4n) is 3.48. The van der Waals surface area contributed by atoms with Gasteiger partial charge in [0.05, 0.1) is 6.42 Å². The van der Waals surface area contributed by atoms with Crippen molar-refractivity contribution in [3.8, 4) is 0 Å². The number of carbonyl (C=O) groups excluding carboxylic acids is 2. The van der Waals surface area contributed by atoms with Gasteiger partial charge in [-0.1, -0.05) is 42.5 Å². The minimum absolute atomic E-state index is 0.0462. The van der Waals surface area contributed by atoms with Gasteiger partial charge in [-0.15, -0.1) is 0 Å². The van der Waals surface area contributed by atoms with E-state index < -0.39 is 24.9 Å². The molecule has 138 valence electrons. The van der Waals surface area contributed by atoms with Crippen LogP contribution in [-0.4, -0.2) is 35.9 Å². The van der Waals surface area contributed by atoms with E-state index in [4.69, 9.17) is 0 Å². The molecule has 2 aromatic rings. The van der Waals surface area contributed by atoms with Crippen LogP contribution in [0, 0.1) is 5.92 Å². The summed E-state index contributed by atoms with van der Waals surface area (Å²) < 4.78 is 37.0. The quantitative estimate of drug-likeness (QED) is 0.745. The van der Waals surface area contributed by atoms with Gasteiger partial charge in [0.1, 0.15) is 0 Å². The van der Waals surface area contributed by atoms with Crippen molar-refractivity contribution in [2.24, 2.45) is 5.92 Å². The van der Waals surface area contributed by atoms with Gasteiger partial charge in [0, 0.05) is 31.0 Å². The predicted molar refractivity (Wildman–Crippen MR) is 92.9 cm³/mol. The average molecular weight is 363 g/mol. The van der Waals surface area contributed by atoms with Crippen LogP contribution < -0.4 is 0 Å². The van der Waals surface area contributed by atoms with E-state index in [0.29, 0.717) is 24.9 Å². The van der Waals surface area contributed by atoms with Crippen LogP contribution in [0.25, 0.3) is 10.8 Å². The molecular weight excluding hydrogens is 343 g/mol. The topological polar surface area (TPSA) is 37.4 Å². The summed E-state index contributed by atoms with van der Waals surface area (Å²) in [6.07, 6.45) is -4.75. The molecule has 2 aromatic carbocycles. The second-order valence-corrected chi connectivity index (χ2v) is 6.69. The lowest BCUT2D eigenvalue weighted by atomic mass is 9.88. The number of hydrogen-bond donors (Lipinski definition) is 0.